The molecule has 0 spiro atoms. The highest BCUT2D eigenvalue weighted by molar-refractivity contribution is 5.77. The summed E-state index contributed by atoms with van der Waals surface area (Å²) in [5.41, 5.74) is 5.02. The van der Waals surface area contributed by atoms with E-state index in [0.717, 1.165) is 24.5 Å². The van der Waals surface area contributed by atoms with E-state index in [4.69, 9.17) is 0 Å². The SMILES string of the molecule is Cc1cc2ncn(CCNC(C)C3CC3)c2cc1C. The van der Waals surface area contributed by atoms with Crippen LogP contribution in [0.15, 0.2) is 18.5 Å². The molecule has 3 rings (SSSR count). The normalized spacial score (nSPS) is 17.0. The molecular weight excluding hydrogens is 234 g/mol. The molecule has 0 aliphatic heterocycles. The molecule has 0 amide bonds. The predicted molar refractivity (Wildman–Crippen MR) is 79.4 cm³/mol. The Balaban J connectivity index is 1.68. The lowest BCUT2D eigenvalue weighted by molar-refractivity contribution is 0.478. The third-order valence-corrected chi connectivity index (χ3v) is 4.38. The molecule has 3 nitrogen and oxygen atoms in total. The van der Waals surface area contributed by atoms with Crippen molar-refractivity contribution in [3.8, 4) is 0 Å². The fourth-order valence-electron chi connectivity index (χ4n) is 2.67. The Morgan fingerprint density at radius 3 is 2.79 bits per heavy atom. The highest BCUT2D eigenvalue weighted by Crippen LogP contribution is 2.32. The van der Waals surface area contributed by atoms with Gasteiger partial charge in [-0.15, -0.1) is 0 Å². The van der Waals surface area contributed by atoms with E-state index < -0.39 is 0 Å². The minimum Gasteiger partial charge on any atom is -0.329 e. The van der Waals surface area contributed by atoms with E-state index in [2.05, 4.69) is 47.8 Å². The van der Waals surface area contributed by atoms with Crippen molar-refractivity contribution in [2.45, 2.75) is 46.2 Å². The number of aromatic nitrogens is 2. The van der Waals surface area contributed by atoms with E-state index in [1.54, 1.807) is 0 Å². The maximum atomic E-state index is 4.50. The van der Waals surface area contributed by atoms with Gasteiger partial charge in [0.15, 0.2) is 0 Å². The maximum Gasteiger partial charge on any atom is 0.0958 e. The Morgan fingerprint density at radius 2 is 2.05 bits per heavy atom. The molecule has 102 valence electrons. The lowest BCUT2D eigenvalue weighted by Crippen LogP contribution is -2.30. The van der Waals surface area contributed by atoms with Crippen LogP contribution in [-0.2, 0) is 6.54 Å². The summed E-state index contributed by atoms with van der Waals surface area (Å²) in [7, 11) is 0. The first-order chi connectivity index (χ1) is 9.15. The second kappa shape index (κ2) is 4.97. The maximum absolute atomic E-state index is 4.50. The van der Waals surface area contributed by atoms with Crippen LogP contribution in [0.3, 0.4) is 0 Å². The van der Waals surface area contributed by atoms with Crippen molar-refractivity contribution in [1.82, 2.24) is 14.9 Å². The van der Waals surface area contributed by atoms with E-state index >= 15 is 0 Å². The Morgan fingerprint density at radius 1 is 1.32 bits per heavy atom. The van der Waals surface area contributed by atoms with Crippen molar-refractivity contribution in [3.63, 3.8) is 0 Å². The summed E-state index contributed by atoms with van der Waals surface area (Å²) < 4.78 is 2.26. The Labute approximate surface area is 115 Å². The number of hydrogen-bond acceptors (Lipinski definition) is 2. The van der Waals surface area contributed by atoms with Gasteiger partial charge in [0, 0.05) is 19.1 Å². The second-order valence-electron chi connectivity index (χ2n) is 5.94. The van der Waals surface area contributed by atoms with Gasteiger partial charge in [-0.05, 0) is 62.8 Å². The standard InChI is InChI=1S/C16H23N3/c1-11-8-15-16(9-12(11)2)19(10-18-15)7-6-17-13(3)14-4-5-14/h8-10,13-14,17H,4-7H2,1-3H3. The van der Waals surface area contributed by atoms with Crippen LogP contribution >= 0.6 is 0 Å². The van der Waals surface area contributed by atoms with Crippen LogP contribution in [0.5, 0.6) is 0 Å². The Hall–Kier alpha value is -1.35. The molecule has 0 bridgehead atoms. The van der Waals surface area contributed by atoms with E-state index in [9.17, 15) is 0 Å². The van der Waals surface area contributed by atoms with Gasteiger partial charge in [-0.25, -0.2) is 4.98 Å². The lowest BCUT2D eigenvalue weighted by Gasteiger charge is -2.13. The van der Waals surface area contributed by atoms with E-state index in [-0.39, 0.29) is 0 Å². The van der Waals surface area contributed by atoms with Crippen LogP contribution in [-0.4, -0.2) is 22.1 Å². The van der Waals surface area contributed by atoms with Gasteiger partial charge in [0.2, 0.25) is 0 Å². The molecule has 1 atom stereocenters. The fraction of sp³-hybridized carbons (Fsp3) is 0.562. The molecule has 1 aromatic carbocycles. The van der Waals surface area contributed by atoms with Crippen LogP contribution in [0.4, 0.5) is 0 Å². The van der Waals surface area contributed by atoms with Crippen molar-refractivity contribution >= 4 is 11.0 Å². The minimum atomic E-state index is 0.666. The number of rotatable bonds is 5. The van der Waals surface area contributed by atoms with E-state index in [0.29, 0.717) is 6.04 Å². The first-order valence-corrected chi connectivity index (χ1v) is 7.30. The number of nitrogens with one attached hydrogen (secondary N) is 1. The topological polar surface area (TPSA) is 29.9 Å². The van der Waals surface area contributed by atoms with Crippen LogP contribution in [0.25, 0.3) is 11.0 Å². The fourth-order valence-corrected chi connectivity index (χ4v) is 2.67. The number of imidazole rings is 1. The molecule has 1 N–H and O–H groups in total. The largest absolute Gasteiger partial charge is 0.329 e. The number of hydrogen-bond donors (Lipinski definition) is 1. The molecule has 19 heavy (non-hydrogen) atoms. The summed E-state index contributed by atoms with van der Waals surface area (Å²) in [5, 5.41) is 3.62. The molecule has 0 radical (unpaired) electrons. The predicted octanol–water partition coefficient (Wildman–Crippen LogP) is 3.04. The molecule has 1 fully saturated rings. The number of aryl methyl sites for hydroxylation is 2. The quantitative estimate of drug-likeness (QED) is 0.892. The first kappa shape index (κ1) is 12.7. The first-order valence-electron chi connectivity index (χ1n) is 7.30. The van der Waals surface area contributed by atoms with Gasteiger partial charge < -0.3 is 9.88 Å². The summed E-state index contributed by atoms with van der Waals surface area (Å²) in [6, 6.07) is 5.10. The molecule has 1 unspecified atom stereocenters. The molecule has 1 aromatic heterocycles. The van der Waals surface area contributed by atoms with Crippen molar-refractivity contribution in [2.75, 3.05) is 6.54 Å². The summed E-state index contributed by atoms with van der Waals surface area (Å²) >= 11 is 0. The van der Waals surface area contributed by atoms with E-state index in [1.165, 1.54) is 29.5 Å². The zero-order chi connectivity index (χ0) is 13.4. The van der Waals surface area contributed by atoms with Crippen molar-refractivity contribution in [1.29, 1.82) is 0 Å². The average molecular weight is 257 g/mol. The molecular formula is C16H23N3. The smallest absolute Gasteiger partial charge is 0.0958 e. The van der Waals surface area contributed by atoms with Crippen molar-refractivity contribution < 1.29 is 0 Å². The van der Waals surface area contributed by atoms with E-state index in [1.807, 2.05) is 6.33 Å². The second-order valence-corrected chi connectivity index (χ2v) is 5.94. The molecule has 0 saturated heterocycles. The van der Waals surface area contributed by atoms with Crippen LogP contribution in [0.2, 0.25) is 0 Å². The van der Waals surface area contributed by atoms with Gasteiger partial charge in [0.05, 0.1) is 17.4 Å². The molecule has 1 saturated carbocycles. The summed E-state index contributed by atoms with van der Waals surface area (Å²) in [6.07, 6.45) is 4.77. The van der Waals surface area contributed by atoms with Crippen LogP contribution in [0.1, 0.15) is 30.9 Å². The van der Waals surface area contributed by atoms with Gasteiger partial charge in [-0.1, -0.05) is 0 Å². The van der Waals surface area contributed by atoms with Gasteiger partial charge in [-0.2, -0.15) is 0 Å². The number of nitrogens with zero attached hydrogens (tertiary/aromatic N) is 2. The average Bonchev–Trinajstić information content (AvgIpc) is 3.16. The number of fused-ring (bicyclic) bond motifs is 1. The Kier molecular flexibility index (Phi) is 3.31. The van der Waals surface area contributed by atoms with Crippen LogP contribution in [0, 0.1) is 19.8 Å². The highest BCUT2D eigenvalue weighted by atomic mass is 15.1. The van der Waals surface area contributed by atoms with Gasteiger partial charge >= 0.3 is 0 Å². The minimum absolute atomic E-state index is 0.666. The lowest BCUT2D eigenvalue weighted by atomic mass is 10.1. The molecule has 3 heteroatoms. The summed E-state index contributed by atoms with van der Waals surface area (Å²) in [5.74, 6) is 0.921. The molecule has 1 aliphatic carbocycles. The molecule has 1 aliphatic rings. The monoisotopic (exact) mass is 257 g/mol. The van der Waals surface area contributed by atoms with Gasteiger partial charge in [0.25, 0.3) is 0 Å². The van der Waals surface area contributed by atoms with Gasteiger partial charge in [0.1, 0.15) is 0 Å². The summed E-state index contributed by atoms with van der Waals surface area (Å²) in [6.45, 7) is 8.63. The zero-order valence-corrected chi connectivity index (χ0v) is 12.1. The summed E-state index contributed by atoms with van der Waals surface area (Å²) in [4.78, 5) is 4.50. The number of benzene rings is 1. The highest BCUT2D eigenvalue weighted by Gasteiger charge is 2.27. The van der Waals surface area contributed by atoms with Crippen LogP contribution < -0.4 is 5.32 Å². The van der Waals surface area contributed by atoms with Crippen molar-refractivity contribution in [3.05, 3.63) is 29.6 Å². The van der Waals surface area contributed by atoms with Crippen molar-refractivity contribution in [2.24, 2.45) is 5.92 Å². The third-order valence-electron chi connectivity index (χ3n) is 4.38. The molecule has 2 aromatic rings. The van der Waals surface area contributed by atoms with Gasteiger partial charge in [-0.3, -0.25) is 0 Å². The third kappa shape index (κ3) is 2.66. The molecule has 1 heterocycles. The Bertz CT molecular complexity index is 581. The zero-order valence-electron chi connectivity index (χ0n) is 12.1.